The molecule has 1 amide bonds. The minimum atomic E-state index is -0.230. The molecule has 4 rings (SSSR count). The van der Waals surface area contributed by atoms with Crippen LogP contribution in [0.2, 0.25) is 0 Å². The Morgan fingerprint density at radius 2 is 2.32 bits per heavy atom. The van der Waals surface area contributed by atoms with E-state index in [9.17, 15) is 4.79 Å². The van der Waals surface area contributed by atoms with Crippen LogP contribution >= 0.6 is 0 Å². The van der Waals surface area contributed by atoms with Crippen molar-refractivity contribution >= 4 is 16.8 Å². The smallest absolute Gasteiger partial charge is 0.256 e. The molecule has 25 heavy (non-hydrogen) atoms. The van der Waals surface area contributed by atoms with Crippen LogP contribution in [0.4, 0.5) is 0 Å². The lowest BCUT2D eigenvalue weighted by atomic mass is 10.1. The van der Waals surface area contributed by atoms with Crippen molar-refractivity contribution in [3.05, 3.63) is 47.7 Å². The monoisotopic (exact) mass is 340 g/mol. The molecule has 1 unspecified atom stereocenters. The van der Waals surface area contributed by atoms with E-state index in [1.165, 1.54) is 0 Å². The first-order valence-electron chi connectivity index (χ1n) is 8.23. The number of fused-ring (bicyclic) bond motifs is 1. The van der Waals surface area contributed by atoms with Gasteiger partial charge in [0.05, 0.1) is 25.8 Å². The number of morpholine rings is 1. The highest BCUT2D eigenvalue weighted by atomic mass is 16.5. The Balaban J connectivity index is 1.60. The summed E-state index contributed by atoms with van der Waals surface area (Å²) in [5.74, 6) is 1.47. The average molecular weight is 340 g/mol. The summed E-state index contributed by atoms with van der Waals surface area (Å²) in [7, 11) is 1.62. The highest BCUT2D eigenvalue weighted by molar-refractivity contribution is 6.07. The lowest BCUT2D eigenvalue weighted by Crippen LogP contribution is -2.42. The van der Waals surface area contributed by atoms with Gasteiger partial charge in [-0.15, -0.1) is 0 Å². The number of ether oxygens (including phenoxy) is 2. The van der Waals surface area contributed by atoms with Crippen molar-refractivity contribution in [3.8, 4) is 5.75 Å². The highest BCUT2D eigenvalue weighted by Crippen LogP contribution is 2.26. The molecular formula is C18H20N4O3. The number of imidazole rings is 1. The Labute approximate surface area is 145 Å². The van der Waals surface area contributed by atoms with Gasteiger partial charge in [0.2, 0.25) is 0 Å². The average Bonchev–Trinajstić information content (AvgIpc) is 3.27. The first-order valence-corrected chi connectivity index (χ1v) is 8.23. The molecule has 0 aliphatic carbocycles. The molecule has 130 valence electrons. The van der Waals surface area contributed by atoms with Crippen LogP contribution < -0.4 is 4.74 Å². The summed E-state index contributed by atoms with van der Waals surface area (Å²) in [5.41, 5.74) is 2.53. The van der Waals surface area contributed by atoms with Crippen molar-refractivity contribution in [1.82, 2.24) is 19.9 Å². The Morgan fingerprint density at radius 1 is 1.44 bits per heavy atom. The zero-order valence-electron chi connectivity index (χ0n) is 14.2. The van der Waals surface area contributed by atoms with Crippen molar-refractivity contribution in [3.63, 3.8) is 0 Å². The van der Waals surface area contributed by atoms with Crippen LogP contribution in [0.15, 0.2) is 30.6 Å². The summed E-state index contributed by atoms with van der Waals surface area (Å²) in [4.78, 5) is 25.5. The van der Waals surface area contributed by atoms with E-state index < -0.39 is 0 Å². The van der Waals surface area contributed by atoms with Crippen molar-refractivity contribution in [1.29, 1.82) is 0 Å². The van der Waals surface area contributed by atoms with E-state index in [0.717, 1.165) is 28.2 Å². The van der Waals surface area contributed by atoms with Crippen LogP contribution in [0.1, 0.15) is 28.0 Å². The largest absolute Gasteiger partial charge is 0.497 e. The van der Waals surface area contributed by atoms with Gasteiger partial charge in [-0.25, -0.2) is 4.98 Å². The molecule has 1 atom stereocenters. The number of nitrogens with zero attached hydrogens (tertiary/aromatic N) is 2. The minimum Gasteiger partial charge on any atom is -0.497 e. The predicted molar refractivity (Wildman–Crippen MR) is 92.8 cm³/mol. The number of carbonyl (C=O) groups is 1. The topological polar surface area (TPSA) is 83.2 Å². The molecule has 2 N–H and O–H groups in total. The molecule has 3 aromatic rings. The molecule has 1 fully saturated rings. The fourth-order valence-electron chi connectivity index (χ4n) is 3.17. The van der Waals surface area contributed by atoms with Crippen LogP contribution in [0.25, 0.3) is 10.9 Å². The van der Waals surface area contributed by atoms with Gasteiger partial charge in [-0.3, -0.25) is 4.79 Å². The Bertz CT molecular complexity index is 914. The molecule has 1 aliphatic rings. The number of hydrogen-bond donors (Lipinski definition) is 2. The first kappa shape index (κ1) is 15.7. The van der Waals surface area contributed by atoms with Crippen LogP contribution in [0, 0.1) is 6.92 Å². The summed E-state index contributed by atoms with van der Waals surface area (Å²) < 4.78 is 11.1. The van der Waals surface area contributed by atoms with Crippen molar-refractivity contribution in [2.45, 2.75) is 13.0 Å². The molecule has 3 heterocycles. The molecular weight excluding hydrogens is 320 g/mol. The number of H-pyrrole nitrogens is 2. The fourth-order valence-corrected chi connectivity index (χ4v) is 3.17. The number of amides is 1. The van der Waals surface area contributed by atoms with Gasteiger partial charge in [0, 0.05) is 35.5 Å². The normalized spacial score (nSPS) is 17.8. The maximum atomic E-state index is 13.0. The number of carbonyl (C=O) groups excluding carboxylic acids is 1. The van der Waals surface area contributed by atoms with E-state index in [4.69, 9.17) is 9.47 Å². The lowest BCUT2D eigenvalue weighted by molar-refractivity contribution is -0.0264. The maximum absolute atomic E-state index is 13.0. The molecule has 2 aromatic heterocycles. The molecule has 0 saturated carbocycles. The lowest BCUT2D eigenvalue weighted by Gasteiger charge is -2.32. The number of aryl methyl sites for hydroxylation is 1. The second-order valence-corrected chi connectivity index (χ2v) is 6.18. The van der Waals surface area contributed by atoms with E-state index in [1.807, 2.05) is 30.0 Å². The van der Waals surface area contributed by atoms with E-state index in [0.29, 0.717) is 25.3 Å². The zero-order chi connectivity index (χ0) is 17.4. The zero-order valence-corrected chi connectivity index (χ0v) is 14.2. The fraction of sp³-hybridized carbons (Fsp3) is 0.333. The summed E-state index contributed by atoms with van der Waals surface area (Å²) in [6, 6.07) is 5.67. The molecule has 1 saturated heterocycles. The molecule has 0 bridgehead atoms. The van der Waals surface area contributed by atoms with Crippen LogP contribution in [-0.4, -0.2) is 52.6 Å². The van der Waals surface area contributed by atoms with E-state index in [2.05, 4.69) is 15.0 Å². The van der Waals surface area contributed by atoms with Gasteiger partial charge >= 0.3 is 0 Å². The highest BCUT2D eigenvalue weighted by Gasteiger charge is 2.29. The van der Waals surface area contributed by atoms with E-state index in [1.54, 1.807) is 19.5 Å². The van der Waals surface area contributed by atoms with E-state index in [-0.39, 0.29) is 12.0 Å². The number of benzene rings is 1. The molecule has 0 spiro atoms. The number of rotatable bonds is 3. The van der Waals surface area contributed by atoms with Gasteiger partial charge in [0.15, 0.2) is 0 Å². The third-order valence-electron chi connectivity index (χ3n) is 4.50. The summed E-state index contributed by atoms with van der Waals surface area (Å²) in [6.07, 6.45) is 3.30. The van der Waals surface area contributed by atoms with Crippen LogP contribution in [0.5, 0.6) is 5.75 Å². The Morgan fingerprint density at radius 3 is 3.08 bits per heavy atom. The van der Waals surface area contributed by atoms with Gasteiger partial charge < -0.3 is 24.3 Å². The van der Waals surface area contributed by atoms with Crippen LogP contribution in [-0.2, 0) is 4.74 Å². The second kappa shape index (κ2) is 6.25. The maximum Gasteiger partial charge on any atom is 0.256 e. The number of nitrogens with one attached hydrogen (secondary N) is 2. The van der Waals surface area contributed by atoms with Gasteiger partial charge in [-0.05, 0) is 25.1 Å². The Kier molecular flexibility index (Phi) is 3.93. The molecule has 1 aliphatic heterocycles. The summed E-state index contributed by atoms with van der Waals surface area (Å²) in [5, 5.41) is 0.862. The summed E-state index contributed by atoms with van der Waals surface area (Å²) in [6.45, 7) is 3.47. The molecule has 7 nitrogen and oxygen atoms in total. The van der Waals surface area contributed by atoms with Crippen molar-refractivity contribution < 1.29 is 14.3 Å². The molecule has 0 radical (unpaired) electrons. The number of hydrogen-bond acceptors (Lipinski definition) is 4. The number of aromatic amines is 2. The minimum absolute atomic E-state index is 0.0175. The quantitative estimate of drug-likeness (QED) is 0.767. The van der Waals surface area contributed by atoms with Gasteiger partial charge in [0.1, 0.15) is 17.7 Å². The third-order valence-corrected chi connectivity index (χ3v) is 4.50. The van der Waals surface area contributed by atoms with Gasteiger partial charge in [0.25, 0.3) is 5.91 Å². The molecule has 7 heteroatoms. The van der Waals surface area contributed by atoms with Gasteiger partial charge in [-0.1, -0.05) is 0 Å². The SMILES string of the molecule is COc1ccc2[nH]cc(C(=O)N3CCOC(c4ncc(C)[nH]4)C3)c2c1. The number of methoxy groups -OCH3 is 1. The van der Waals surface area contributed by atoms with Gasteiger partial charge in [-0.2, -0.15) is 0 Å². The van der Waals surface area contributed by atoms with Crippen molar-refractivity contribution in [2.75, 3.05) is 26.8 Å². The number of aromatic nitrogens is 3. The third kappa shape index (κ3) is 2.87. The second-order valence-electron chi connectivity index (χ2n) is 6.18. The van der Waals surface area contributed by atoms with E-state index >= 15 is 0 Å². The standard InChI is InChI=1S/C18H20N4O3/c1-11-8-20-17(21-11)16-10-22(5-6-25-16)18(23)14-9-19-15-4-3-12(24-2)7-13(14)15/h3-4,7-9,16,19H,5-6,10H2,1-2H3,(H,20,21). The first-order chi connectivity index (χ1) is 12.2. The van der Waals surface area contributed by atoms with Crippen molar-refractivity contribution in [2.24, 2.45) is 0 Å². The van der Waals surface area contributed by atoms with Crippen LogP contribution in [0.3, 0.4) is 0 Å². The Hall–Kier alpha value is -2.80. The summed E-state index contributed by atoms with van der Waals surface area (Å²) >= 11 is 0. The molecule has 1 aromatic carbocycles. The predicted octanol–water partition coefficient (Wildman–Crippen LogP) is 2.42.